The Kier molecular flexibility index (Phi) is 4.41. The highest BCUT2D eigenvalue weighted by Gasteiger charge is 2.14. The fraction of sp³-hybridized carbons (Fsp3) is 0.462. The van der Waals surface area contributed by atoms with Crippen LogP contribution in [0.2, 0.25) is 0 Å². The van der Waals surface area contributed by atoms with Crippen molar-refractivity contribution >= 4 is 21.6 Å². The molecule has 1 atom stereocenters. The molecule has 2 rings (SSSR count). The van der Waals surface area contributed by atoms with Crippen molar-refractivity contribution in [3.63, 3.8) is 0 Å². The van der Waals surface area contributed by atoms with Crippen molar-refractivity contribution in [3.8, 4) is 6.07 Å². The Morgan fingerprint density at radius 2 is 2.41 bits per heavy atom. The van der Waals surface area contributed by atoms with Gasteiger partial charge in [-0.2, -0.15) is 5.26 Å². The monoisotopic (exact) mass is 294 g/mol. The molecule has 1 saturated heterocycles. The summed E-state index contributed by atoms with van der Waals surface area (Å²) in [5.41, 5.74) is 1.58. The summed E-state index contributed by atoms with van der Waals surface area (Å²) in [6, 6.07) is 7.92. The van der Waals surface area contributed by atoms with Crippen molar-refractivity contribution < 1.29 is 4.74 Å². The molecule has 0 amide bonds. The number of nitriles is 1. The lowest BCUT2D eigenvalue weighted by Crippen LogP contribution is -2.24. The molecule has 90 valence electrons. The highest BCUT2D eigenvalue weighted by atomic mass is 79.9. The maximum atomic E-state index is 9.04. The molecule has 1 fully saturated rings. The fourth-order valence-electron chi connectivity index (χ4n) is 1.99. The largest absolute Gasteiger partial charge is 0.384 e. The van der Waals surface area contributed by atoms with Gasteiger partial charge in [0.15, 0.2) is 0 Å². The third kappa shape index (κ3) is 3.45. The average molecular weight is 295 g/mol. The lowest BCUT2D eigenvalue weighted by atomic mass is 10.0. The molecule has 0 radical (unpaired) electrons. The van der Waals surface area contributed by atoms with Gasteiger partial charge < -0.3 is 10.1 Å². The quantitative estimate of drug-likeness (QED) is 0.931. The van der Waals surface area contributed by atoms with Crippen LogP contribution < -0.4 is 5.32 Å². The van der Waals surface area contributed by atoms with E-state index in [-0.39, 0.29) is 0 Å². The van der Waals surface area contributed by atoms with E-state index in [1.54, 1.807) is 0 Å². The summed E-state index contributed by atoms with van der Waals surface area (Å²) in [7, 11) is 0. The fourth-order valence-corrected chi connectivity index (χ4v) is 2.35. The first kappa shape index (κ1) is 12.4. The molecule has 0 aliphatic carbocycles. The third-order valence-electron chi connectivity index (χ3n) is 2.94. The standard InChI is InChI=1S/C13H15BrN2O/c14-12-3-4-13(11(6-12)7-15)16-8-10-2-1-5-17-9-10/h3-4,6,10,16H,1-2,5,8-9H2. The number of rotatable bonds is 3. The first-order chi connectivity index (χ1) is 8.29. The predicted molar refractivity (Wildman–Crippen MR) is 70.9 cm³/mol. The number of halogens is 1. The molecular formula is C13H15BrN2O. The Balaban J connectivity index is 1.96. The molecule has 1 heterocycles. The Morgan fingerprint density at radius 3 is 3.12 bits per heavy atom. The molecule has 1 N–H and O–H groups in total. The van der Waals surface area contributed by atoms with E-state index in [4.69, 9.17) is 10.00 Å². The first-order valence-electron chi connectivity index (χ1n) is 5.81. The third-order valence-corrected chi connectivity index (χ3v) is 3.43. The molecule has 3 nitrogen and oxygen atoms in total. The van der Waals surface area contributed by atoms with Crippen LogP contribution in [0.3, 0.4) is 0 Å². The van der Waals surface area contributed by atoms with Crippen LogP contribution in [0.5, 0.6) is 0 Å². The Labute approximate surface area is 110 Å². The van der Waals surface area contributed by atoms with Crippen LogP contribution in [-0.4, -0.2) is 19.8 Å². The van der Waals surface area contributed by atoms with Crippen molar-refractivity contribution in [1.29, 1.82) is 5.26 Å². The molecule has 4 heteroatoms. The van der Waals surface area contributed by atoms with Crippen LogP contribution in [-0.2, 0) is 4.74 Å². The van der Waals surface area contributed by atoms with Crippen LogP contribution in [0.15, 0.2) is 22.7 Å². The van der Waals surface area contributed by atoms with Gasteiger partial charge >= 0.3 is 0 Å². The van der Waals surface area contributed by atoms with E-state index in [0.717, 1.165) is 36.3 Å². The average Bonchev–Trinajstić information content (AvgIpc) is 2.38. The van der Waals surface area contributed by atoms with Crippen LogP contribution in [0.25, 0.3) is 0 Å². The Morgan fingerprint density at radius 1 is 1.53 bits per heavy atom. The minimum absolute atomic E-state index is 0.555. The topological polar surface area (TPSA) is 45.0 Å². The second-order valence-electron chi connectivity index (χ2n) is 4.27. The van der Waals surface area contributed by atoms with Crippen molar-refractivity contribution in [2.45, 2.75) is 12.8 Å². The molecule has 1 aromatic rings. The van der Waals surface area contributed by atoms with Gasteiger partial charge in [0.25, 0.3) is 0 Å². The van der Waals surface area contributed by atoms with E-state index in [0.29, 0.717) is 11.5 Å². The second-order valence-corrected chi connectivity index (χ2v) is 5.18. The number of hydrogen-bond donors (Lipinski definition) is 1. The first-order valence-corrected chi connectivity index (χ1v) is 6.60. The van der Waals surface area contributed by atoms with E-state index in [1.807, 2.05) is 18.2 Å². The van der Waals surface area contributed by atoms with Gasteiger partial charge in [0, 0.05) is 17.6 Å². The number of nitrogens with one attached hydrogen (secondary N) is 1. The number of hydrogen-bond acceptors (Lipinski definition) is 3. The normalized spacial score (nSPS) is 19.6. The highest BCUT2D eigenvalue weighted by molar-refractivity contribution is 9.10. The second kappa shape index (κ2) is 6.04. The zero-order chi connectivity index (χ0) is 12.1. The van der Waals surface area contributed by atoms with E-state index in [2.05, 4.69) is 27.3 Å². The zero-order valence-electron chi connectivity index (χ0n) is 9.58. The summed E-state index contributed by atoms with van der Waals surface area (Å²) in [5.74, 6) is 0.555. The van der Waals surface area contributed by atoms with Crippen LogP contribution in [0, 0.1) is 17.2 Å². The minimum atomic E-state index is 0.555. The van der Waals surface area contributed by atoms with Gasteiger partial charge in [0.1, 0.15) is 6.07 Å². The molecule has 17 heavy (non-hydrogen) atoms. The Bertz CT molecular complexity index is 422. The number of anilines is 1. The smallest absolute Gasteiger partial charge is 0.101 e. The zero-order valence-corrected chi connectivity index (χ0v) is 11.2. The van der Waals surface area contributed by atoms with Crippen LogP contribution in [0.4, 0.5) is 5.69 Å². The van der Waals surface area contributed by atoms with Gasteiger partial charge in [-0.1, -0.05) is 15.9 Å². The van der Waals surface area contributed by atoms with Crippen molar-refractivity contribution in [3.05, 3.63) is 28.2 Å². The van der Waals surface area contributed by atoms with E-state index < -0.39 is 0 Å². The van der Waals surface area contributed by atoms with Gasteiger partial charge in [0.05, 0.1) is 17.9 Å². The molecule has 1 unspecified atom stereocenters. The lowest BCUT2D eigenvalue weighted by molar-refractivity contribution is 0.0595. The molecule has 1 aromatic carbocycles. The maximum absolute atomic E-state index is 9.04. The van der Waals surface area contributed by atoms with Gasteiger partial charge in [-0.05, 0) is 37.0 Å². The van der Waals surface area contributed by atoms with Gasteiger partial charge in [-0.15, -0.1) is 0 Å². The van der Waals surface area contributed by atoms with E-state index >= 15 is 0 Å². The molecule has 0 spiro atoms. The van der Waals surface area contributed by atoms with E-state index in [1.165, 1.54) is 6.42 Å². The number of ether oxygens (including phenoxy) is 1. The summed E-state index contributed by atoms with van der Waals surface area (Å²) in [5, 5.41) is 12.4. The summed E-state index contributed by atoms with van der Waals surface area (Å²) in [4.78, 5) is 0. The molecule has 1 aliphatic heterocycles. The summed E-state index contributed by atoms with van der Waals surface area (Å²) < 4.78 is 6.36. The summed E-state index contributed by atoms with van der Waals surface area (Å²) in [6.45, 7) is 2.58. The van der Waals surface area contributed by atoms with E-state index in [9.17, 15) is 0 Å². The highest BCUT2D eigenvalue weighted by Crippen LogP contribution is 2.21. The maximum Gasteiger partial charge on any atom is 0.101 e. The molecule has 0 aromatic heterocycles. The lowest BCUT2D eigenvalue weighted by Gasteiger charge is -2.22. The SMILES string of the molecule is N#Cc1cc(Br)ccc1NCC1CCCOC1. The minimum Gasteiger partial charge on any atom is -0.384 e. The number of nitrogens with zero attached hydrogens (tertiary/aromatic N) is 1. The summed E-state index contributed by atoms with van der Waals surface area (Å²) >= 11 is 3.37. The van der Waals surface area contributed by atoms with Crippen molar-refractivity contribution in [1.82, 2.24) is 0 Å². The number of benzene rings is 1. The predicted octanol–water partition coefficient (Wildman–Crippen LogP) is 3.16. The van der Waals surface area contributed by atoms with Crippen molar-refractivity contribution in [2.75, 3.05) is 25.1 Å². The molecular weight excluding hydrogens is 280 g/mol. The molecule has 0 saturated carbocycles. The van der Waals surface area contributed by atoms with Crippen LogP contribution in [0.1, 0.15) is 18.4 Å². The Hall–Kier alpha value is -1.05. The molecule has 0 bridgehead atoms. The van der Waals surface area contributed by atoms with Gasteiger partial charge in [-0.25, -0.2) is 0 Å². The molecule has 1 aliphatic rings. The van der Waals surface area contributed by atoms with Gasteiger partial charge in [-0.3, -0.25) is 0 Å². The van der Waals surface area contributed by atoms with Crippen LogP contribution >= 0.6 is 15.9 Å². The van der Waals surface area contributed by atoms with Crippen molar-refractivity contribution in [2.24, 2.45) is 5.92 Å². The van der Waals surface area contributed by atoms with Gasteiger partial charge in [0.2, 0.25) is 0 Å². The summed E-state index contributed by atoms with van der Waals surface area (Å²) in [6.07, 6.45) is 2.34.